The first kappa shape index (κ1) is 19.2. The van der Waals surface area contributed by atoms with E-state index in [1.54, 1.807) is 44.2 Å². The number of carbonyl (C=O) groups is 3. The maximum absolute atomic E-state index is 12.4. The predicted molar refractivity (Wildman–Crippen MR) is 95.4 cm³/mol. The van der Waals surface area contributed by atoms with E-state index in [1.807, 2.05) is 6.07 Å². The van der Waals surface area contributed by atoms with Gasteiger partial charge in [0.1, 0.15) is 6.04 Å². The molecule has 2 rings (SSSR count). The van der Waals surface area contributed by atoms with E-state index in [0.717, 1.165) is 0 Å². The monoisotopic (exact) mass is 358 g/mol. The molecule has 0 fully saturated rings. The van der Waals surface area contributed by atoms with E-state index in [-0.39, 0.29) is 11.7 Å². The van der Waals surface area contributed by atoms with Gasteiger partial charge in [0.15, 0.2) is 11.9 Å². The molecule has 0 aliphatic rings. The molecule has 0 bridgehead atoms. The van der Waals surface area contributed by atoms with Crippen molar-refractivity contribution >= 4 is 23.5 Å². The molecule has 1 aromatic heterocycles. The maximum Gasteiger partial charge on any atom is 0.329 e. The summed E-state index contributed by atoms with van der Waals surface area (Å²) < 4.78 is 10.2. The molecule has 0 unspecified atom stereocenters. The Labute approximate surface area is 151 Å². The van der Waals surface area contributed by atoms with Crippen molar-refractivity contribution in [2.75, 3.05) is 5.32 Å². The summed E-state index contributed by atoms with van der Waals surface area (Å²) in [6, 6.07) is 11.0. The third kappa shape index (κ3) is 5.20. The SMILES string of the molecule is CC(C)[C@H](NC(=O)c1ccco1)C(=O)O[C@@H](C)C(=O)Nc1ccccc1. The molecule has 7 nitrogen and oxygen atoms in total. The average Bonchev–Trinajstić information content (AvgIpc) is 3.14. The van der Waals surface area contributed by atoms with Gasteiger partial charge in [0.2, 0.25) is 0 Å². The van der Waals surface area contributed by atoms with Crippen molar-refractivity contribution in [2.45, 2.75) is 32.9 Å². The summed E-state index contributed by atoms with van der Waals surface area (Å²) >= 11 is 0. The second-order valence-electron chi connectivity index (χ2n) is 6.11. The first-order valence-corrected chi connectivity index (χ1v) is 8.29. The lowest BCUT2D eigenvalue weighted by Crippen LogP contribution is -2.47. The largest absolute Gasteiger partial charge is 0.459 e. The molecule has 1 heterocycles. The molecule has 0 aliphatic carbocycles. The molecule has 138 valence electrons. The van der Waals surface area contributed by atoms with E-state index in [2.05, 4.69) is 10.6 Å². The highest BCUT2D eigenvalue weighted by atomic mass is 16.5. The van der Waals surface area contributed by atoms with Gasteiger partial charge in [-0.25, -0.2) is 4.79 Å². The Balaban J connectivity index is 1.95. The minimum absolute atomic E-state index is 0.0957. The summed E-state index contributed by atoms with van der Waals surface area (Å²) in [5, 5.41) is 5.23. The second kappa shape index (κ2) is 8.84. The normalized spacial score (nSPS) is 12.9. The van der Waals surface area contributed by atoms with Gasteiger partial charge in [-0.05, 0) is 37.1 Å². The van der Waals surface area contributed by atoms with Crippen molar-refractivity contribution in [1.29, 1.82) is 0 Å². The highest BCUT2D eigenvalue weighted by molar-refractivity contribution is 5.97. The van der Waals surface area contributed by atoms with Gasteiger partial charge in [-0.15, -0.1) is 0 Å². The lowest BCUT2D eigenvalue weighted by Gasteiger charge is -2.22. The van der Waals surface area contributed by atoms with E-state index >= 15 is 0 Å². The number of nitrogens with one attached hydrogen (secondary N) is 2. The number of amides is 2. The quantitative estimate of drug-likeness (QED) is 0.742. The fourth-order valence-electron chi connectivity index (χ4n) is 2.18. The number of para-hydroxylation sites is 1. The van der Waals surface area contributed by atoms with Crippen LogP contribution < -0.4 is 10.6 Å². The third-order valence-corrected chi connectivity index (χ3v) is 3.66. The molecule has 26 heavy (non-hydrogen) atoms. The molecule has 0 spiro atoms. The van der Waals surface area contributed by atoms with Gasteiger partial charge in [-0.2, -0.15) is 0 Å². The summed E-state index contributed by atoms with van der Waals surface area (Å²) in [5.74, 6) is -1.80. The van der Waals surface area contributed by atoms with Gasteiger partial charge < -0.3 is 19.8 Å². The molecule has 2 amide bonds. The Kier molecular flexibility index (Phi) is 6.54. The first-order valence-electron chi connectivity index (χ1n) is 8.29. The highest BCUT2D eigenvalue weighted by Gasteiger charge is 2.29. The molecular weight excluding hydrogens is 336 g/mol. The third-order valence-electron chi connectivity index (χ3n) is 3.66. The van der Waals surface area contributed by atoms with Gasteiger partial charge >= 0.3 is 5.97 Å². The number of hydrogen-bond donors (Lipinski definition) is 2. The van der Waals surface area contributed by atoms with Gasteiger partial charge in [0, 0.05) is 5.69 Å². The van der Waals surface area contributed by atoms with E-state index in [4.69, 9.17) is 9.15 Å². The number of hydrogen-bond acceptors (Lipinski definition) is 5. The first-order chi connectivity index (χ1) is 12.4. The Bertz CT molecular complexity index is 741. The van der Waals surface area contributed by atoms with Crippen LogP contribution in [0.2, 0.25) is 0 Å². The van der Waals surface area contributed by atoms with Crippen LogP contribution in [0, 0.1) is 5.92 Å². The van der Waals surface area contributed by atoms with Crippen molar-refractivity contribution in [1.82, 2.24) is 5.32 Å². The van der Waals surface area contributed by atoms with Crippen molar-refractivity contribution in [2.24, 2.45) is 5.92 Å². The molecule has 0 radical (unpaired) electrons. The molecule has 2 atom stereocenters. The molecule has 0 saturated heterocycles. The Hall–Kier alpha value is -3.09. The zero-order valence-electron chi connectivity index (χ0n) is 14.9. The van der Waals surface area contributed by atoms with Gasteiger partial charge in [0.05, 0.1) is 6.26 Å². The van der Waals surface area contributed by atoms with Crippen LogP contribution in [-0.2, 0) is 14.3 Å². The van der Waals surface area contributed by atoms with Crippen LogP contribution in [0.25, 0.3) is 0 Å². The molecule has 2 N–H and O–H groups in total. The zero-order valence-corrected chi connectivity index (χ0v) is 14.9. The number of benzene rings is 1. The minimum atomic E-state index is -1.01. The van der Waals surface area contributed by atoms with Crippen molar-refractivity contribution in [3.63, 3.8) is 0 Å². The van der Waals surface area contributed by atoms with Crippen LogP contribution in [0.4, 0.5) is 5.69 Å². The lowest BCUT2D eigenvalue weighted by atomic mass is 10.0. The molecule has 0 saturated carbocycles. The molecule has 1 aromatic carbocycles. The Morgan fingerprint density at radius 3 is 2.27 bits per heavy atom. The number of furan rings is 1. The second-order valence-corrected chi connectivity index (χ2v) is 6.11. The molecule has 0 aliphatic heterocycles. The number of rotatable bonds is 7. The number of ether oxygens (including phenoxy) is 1. The topological polar surface area (TPSA) is 97.6 Å². The van der Waals surface area contributed by atoms with Gasteiger partial charge in [0.25, 0.3) is 11.8 Å². The number of esters is 1. The van der Waals surface area contributed by atoms with Crippen LogP contribution in [0.15, 0.2) is 53.1 Å². The summed E-state index contributed by atoms with van der Waals surface area (Å²) in [6.07, 6.45) is 0.359. The van der Waals surface area contributed by atoms with Crippen LogP contribution in [0.1, 0.15) is 31.3 Å². The predicted octanol–water partition coefficient (Wildman–Crippen LogP) is 2.60. The fourth-order valence-corrected chi connectivity index (χ4v) is 2.18. The summed E-state index contributed by atoms with van der Waals surface area (Å²) in [6.45, 7) is 5.01. The van der Waals surface area contributed by atoms with Crippen LogP contribution in [0.3, 0.4) is 0 Å². The molecular formula is C19H22N2O5. The Morgan fingerprint density at radius 2 is 1.69 bits per heavy atom. The number of carbonyl (C=O) groups excluding carboxylic acids is 3. The maximum atomic E-state index is 12.4. The standard InChI is InChI=1S/C19H22N2O5/c1-12(2)16(21-18(23)15-10-7-11-25-15)19(24)26-13(3)17(22)20-14-8-5-4-6-9-14/h4-13,16H,1-3H3,(H,20,22)(H,21,23)/t13-,16-/m0/s1. The average molecular weight is 358 g/mol. The van der Waals surface area contributed by atoms with Crippen LogP contribution >= 0.6 is 0 Å². The summed E-state index contributed by atoms with van der Waals surface area (Å²) in [7, 11) is 0. The number of anilines is 1. The van der Waals surface area contributed by atoms with E-state index < -0.39 is 29.9 Å². The van der Waals surface area contributed by atoms with E-state index in [1.165, 1.54) is 19.3 Å². The van der Waals surface area contributed by atoms with E-state index in [0.29, 0.717) is 5.69 Å². The lowest BCUT2D eigenvalue weighted by molar-refractivity contribution is -0.156. The highest BCUT2D eigenvalue weighted by Crippen LogP contribution is 2.10. The molecule has 2 aromatic rings. The smallest absolute Gasteiger partial charge is 0.329 e. The Morgan fingerprint density at radius 1 is 1.00 bits per heavy atom. The molecule has 7 heteroatoms. The van der Waals surface area contributed by atoms with Gasteiger partial charge in [-0.3, -0.25) is 9.59 Å². The van der Waals surface area contributed by atoms with Gasteiger partial charge in [-0.1, -0.05) is 32.0 Å². The van der Waals surface area contributed by atoms with E-state index in [9.17, 15) is 14.4 Å². The minimum Gasteiger partial charge on any atom is -0.459 e. The van der Waals surface area contributed by atoms with Crippen LogP contribution in [-0.4, -0.2) is 29.9 Å². The fraction of sp³-hybridized carbons (Fsp3) is 0.316. The zero-order chi connectivity index (χ0) is 19.1. The van der Waals surface area contributed by atoms with Crippen molar-refractivity contribution in [3.05, 3.63) is 54.5 Å². The van der Waals surface area contributed by atoms with Crippen molar-refractivity contribution in [3.8, 4) is 0 Å². The summed E-state index contributed by atoms with van der Waals surface area (Å²) in [4.78, 5) is 36.7. The van der Waals surface area contributed by atoms with Crippen molar-refractivity contribution < 1.29 is 23.5 Å². The summed E-state index contributed by atoms with van der Waals surface area (Å²) in [5.41, 5.74) is 0.604. The van der Waals surface area contributed by atoms with Crippen LogP contribution in [0.5, 0.6) is 0 Å².